The van der Waals surface area contributed by atoms with E-state index in [1.807, 2.05) is 0 Å². The zero-order valence-electron chi connectivity index (χ0n) is 45.7. The normalized spacial score (nSPS) is 14.0. The van der Waals surface area contributed by atoms with Crippen molar-refractivity contribution in [2.45, 2.75) is 29.4 Å². The van der Waals surface area contributed by atoms with E-state index >= 15 is 0 Å². The smallest absolute Gasteiger partial charge is 0.296 e. The van der Waals surface area contributed by atoms with Crippen LogP contribution < -0.4 is 15.5 Å². The third-order valence-corrected chi connectivity index (χ3v) is 18.1. The van der Waals surface area contributed by atoms with Gasteiger partial charge < -0.3 is 30.5 Å². The molecular formula is C51H40N14O21S6. The van der Waals surface area contributed by atoms with E-state index in [9.17, 15) is 88.0 Å². The molecule has 35 nitrogen and oxygen atoms in total. The molecular weight excluding hydrogens is 1340 g/mol. The van der Waals surface area contributed by atoms with Crippen molar-refractivity contribution in [3.8, 4) is 11.5 Å². The molecule has 41 heteroatoms. The number of rotatable bonds is 19. The van der Waals surface area contributed by atoms with Crippen LogP contribution in [0.2, 0.25) is 0 Å². The average Bonchev–Trinajstić information content (AvgIpc) is 0.780. The molecule has 0 saturated carbocycles. The van der Waals surface area contributed by atoms with Gasteiger partial charge in [0.25, 0.3) is 60.7 Å². The maximum Gasteiger partial charge on any atom is 0.296 e. The molecule has 0 spiro atoms. The number of hydrogen-bond acceptors (Lipinski definition) is 29. The average molecular weight is 1380 g/mol. The number of morpholine rings is 1. The predicted molar refractivity (Wildman–Crippen MR) is 322 cm³/mol. The van der Waals surface area contributed by atoms with E-state index in [2.05, 4.69) is 66.5 Å². The SMILES string of the molecule is O=S(=O)(O)c1ccc(N=Nc2ccc(N=Nc3c(S(=O)(=O)O)cc4cc(Nc5nc(Nc6ccc7c(O)c(N=Nc8ccc(N=Nc9ccc(S(=O)(=O)O)cc9)cc8S(=O)(=O)O)c(S(=O)(=O)O)cc7c6)nc(N6CCOCC6)n5)ccc4c3O)c(S(=O)(=O)O)c2)cc1. The van der Waals surface area contributed by atoms with E-state index in [4.69, 9.17) is 4.74 Å². The molecule has 1 aromatic heterocycles. The first-order valence-electron chi connectivity index (χ1n) is 25.4. The molecule has 476 valence electrons. The van der Waals surface area contributed by atoms with Gasteiger partial charge in [0.1, 0.15) is 42.3 Å². The third kappa shape index (κ3) is 15.1. The van der Waals surface area contributed by atoms with Crippen LogP contribution in [0.5, 0.6) is 11.5 Å². The fourth-order valence-corrected chi connectivity index (χ4v) is 12.2. The Morgan fingerprint density at radius 3 is 1.10 bits per heavy atom. The second-order valence-electron chi connectivity index (χ2n) is 19.1. The lowest BCUT2D eigenvalue weighted by atomic mass is 10.1. The number of phenols is 2. The Labute approximate surface area is 518 Å². The van der Waals surface area contributed by atoms with Gasteiger partial charge in [-0.15, -0.1) is 20.5 Å². The first-order valence-corrected chi connectivity index (χ1v) is 34.0. The highest BCUT2D eigenvalue weighted by molar-refractivity contribution is 7.87. The highest BCUT2D eigenvalue weighted by Crippen LogP contribution is 2.45. The van der Waals surface area contributed by atoms with E-state index < -0.39 is 124 Å². The summed E-state index contributed by atoms with van der Waals surface area (Å²) in [6.07, 6.45) is 0. The van der Waals surface area contributed by atoms with Crippen LogP contribution in [0.3, 0.4) is 0 Å². The molecule has 0 atom stereocenters. The summed E-state index contributed by atoms with van der Waals surface area (Å²) in [5, 5.41) is 59.1. The monoisotopic (exact) mass is 1380 g/mol. The lowest BCUT2D eigenvalue weighted by Gasteiger charge is -2.27. The molecule has 10 rings (SSSR count). The van der Waals surface area contributed by atoms with Crippen molar-refractivity contribution in [3.63, 3.8) is 0 Å². The van der Waals surface area contributed by atoms with Gasteiger partial charge in [0, 0.05) is 35.2 Å². The minimum atomic E-state index is -5.27. The molecule has 1 saturated heterocycles. The topological polar surface area (TPSA) is 541 Å². The van der Waals surface area contributed by atoms with Crippen LogP contribution in [0.15, 0.2) is 204 Å². The van der Waals surface area contributed by atoms with Crippen molar-refractivity contribution >= 4 is 157 Å². The Morgan fingerprint density at radius 1 is 0.380 bits per heavy atom. The van der Waals surface area contributed by atoms with E-state index in [1.54, 1.807) is 4.90 Å². The van der Waals surface area contributed by atoms with Crippen molar-refractivity contribution < 1.29 is 92.8 Å². The fourth-order valence-electron chi connectivity index (χ4n) is 8.60. The predicted octanol–water partition coefficient (Wildman–Crippen LogP) is 10.1. The number of aromatic nitrogens is 3. The molecule has 1 fully saturated rings. The van der Waals surface area contributed by atoms with Crippen molar-refractivity contribution in [1.82, 2.24) is 15.0 Å². The molecule has 0 aliphatic carbocycles. The first-order chi connectivity index (χ1) is 43.1. The standard InChI is InChI=1S/C51H40N14O21S6/c66-47-37-13-5-31(21-27(37)23-43(91(80,81)82)45(47)63-61-39-15-7-33(25-41(39)89(74,75)76)59-57-29-1-9-35(10-2-29)87(68,69)70)52-49-54-50(56-51(55-49)65-17-19-86-20-18-65)53-32-6-14-38-28(22-32)24-44(92(83,84)85)46(48(38)67)64-62-40-16-8-34(26-42(40)90(77,78)79)60-58-30-3-11-36(12-4-30)88(71,72)73/h1-16,21-26,66-67H,17-20H2,(H,68,69,70)(H,71,72,73)(H,74,75,76)(H,77,78,79)(H,80,81,82)(H,83,84,85)(H2,52,53,54,55,56). The number of azo groups is 4. The Morgan fingerprint density at radius 2 is 0.739 bits per heavy atom. The Balaban J connectivity index is 0.930. The van der Waals surface area contributed by atoms with E-state index in [1.165, 1.54) is 60.7 Å². The van der Waals surface area contributed by atoms with Gasteiger partial charge in [0.15, 0.2) is 11.5 Å². The molecule has 0 amide bonds. The Hall–Kier alpha value is -9.89. The Bertz CT molecular complexity index is 5040. The van der Waals surface area contributed by atoms with E-state index in [0.29, 0.717) is 13.1 Å². The van der Waals surface area contributed by atoms with Crippen LogP contribution in [0, 0.1) is 0 Å². The molecule has 1 aliphatic heterocycles. The van der Waals surface area contributed by atoms with Gasteiger partial charge in [-0.1, -0.05) is 0 Å². The Kier molecular flexibility index (Phi) is 17.7. The summed E-state index contributed by atoms with van der Waals surface area (Å²) >= 11 is 0. The zero-order valence-corrected chi connectivity index (χ0v) is 50.6. The molecule has 8 aromatic carbocycles. The van der Waals surface area contributed by atoms with Crippen LogP contribution in [-0.2, 0) is 65.4 Å². The fraction of sp³-hybridized carbons (Fsp3) is 0.0784. The van der Waals surface area contributed by atoms with Gasteiger partial charge in [-0.05, 0) is 144 Å². The van der Waals surface area contributed by atoms with Gasteiger partial charge in [-0.2, -0.15) is 85.9 Å². The van der Waals surface area contributed by atoms with Crippen molar-refractivity contribution in [1.29, 1.82) is 0 Å². The minimum absolute atomic E-state index is 0.0419. The second-order valence-corrected chi connectivity index (χ2v) is 27.5. The van der Waals surface area contributed by atoms with Gasteiger partial charge in [0.2, 0.25) is 17.8 Å². The number of ether oxygens (including phenoxy) is 1. The lowest BCUT2D eigenvalue weighted by Crippen LogP contribution is -2.37. The third-order valence-electron chi connectivity index (χ3n) is 12.9. The van der Waals surface area contributed by atoms with Crippen LogP contribution in [-0.4, -0.2) is 129 Å². The summed E-state index contributed by atoms with van der Waals surface area (Å²) in [4.78, 5) is 10.6. The van der Waals surface area contributed by atoms with Crippen LogP contribution in [0.1, 0.15) is 0 Å². The summed E-state index contributed by atoms with van der Waals surface area (Å²) in [6, 6.07) is 24.6. The van der Waals surface area contributed by atoms with Crippen LogP contribution >= 0.6 is 0 Å². The van der Waals surface area contributed by atoms with Crippen LogP contribution in [0.4, 0.5) is 74.7 Å². The molecule has 10 N–H and O–H groups in total. The maximum absolute atomic E-state index is 12.9. The van der Waals surface area contributed by atoms with Gasteiger partial charge >= 0.3 is 0 Å². The number of hydrogen-bond donors (Lipinski definition) is 10. The first kappa shape index (κ1) is 65.1. The summed E-state index contributed by atoms with van der Waals surface area (Å²) < 4.78 is 212. The largest absolute Gasteiger partial charge is 0.505 e. The summed E-state index contributed by atoms with van der Waals surface area (Å²) in [6.45, 7) is 1.19. The van der Waals surface area contributed by atoms with E-state index in [-0.39, 0.29) is 86.7 Å². The van der Waals surface area contributed by atoms with Crippen molar-refractivity contribution in [2.75, 3.05) is 41.8 Å². The number of nitrogens with zero attached hydrogens (tertiary/aromatic N) is 12. The number of aromatic hydroxyl groups is 2. The van der Waals surface area contributed by atoms with E-state index in [0.717, 1.165) is 72.8 Å². The molecule has 0 radical (unpaired) electrons. The highest BCUT2D eigenvalue weighted by Gasteiger charge is 2.27. The number of anilines is 5. The summed E-state index contributed by atoms with van der Waals surface area (Å²) in [5.41, 5.74) is -2.88. The van der Waals surface area contributed by atoms with Gasteiger partial charge in [0.05, 0.1) is 45.8 Å². The quantitative estimate of drug-likeness (QED) is 0.0266. The zero-order chi connectivity index (χ0) is 66.3. The van der Waals surface area contributed by atoms with Crippen molar-refractivity contribution in [3.05, 3.63) is 133 Å². The van der Waals surface area contributed by atoms with Crippen LogP contribution in [0.25, 0.3) is 21.5 Å². The number of phenolic OH excluding ortho intramolecular Hbond substituents is 2. The van der Waals surface area contributed by atoms with Gasteiger partial charge in [-0.3, -0.25) is 27.3 Å². The van der Waals surface area contributed by atoms with Crippen molar-refractivity contribution in [2.24, 2.45) is 40.9 Å². The number of benzene rings is 8. The molecule has 1 aliphatic rings. The minimum Gasteiger partial charge on any atom is -0.505 e. The molecule has 0 unspecified atom stereocenters. The number of fused-ring (bicyclic) bond motifs is 2. The summed E-state index contributed by atoms with van der Waals surface area (Å²) in [5.74, 6) is -1.93. The molecule has 2 heterocycles. The highest BCUT2D eigenvalue weighted by atomic mass is 32.2. The van der Waals surface area contributed by atoms with Gasteiger partial charge in [-0.25, -0.2) is 0 Å². The lowest BCUT2D eigenvalue weighted by molar-refractivity contribution is 0.122. The molecule has 92 heavy (non-hydrogen) atoms. The molecule has 9 aromatic rings. The number of nitrogens with one attached hydrogen (secondary N) is 2. The molecule has 0 bridgehead atoms. The summed E-state index contributed by atoms with van der Waals surface area (Å²) in [7, 11) is -29.8. The maximum atomic E-state index is 12.9. The second kappa shape index (κ2) is 25.1.